The van der Waals surface area contributed by atoms with Crippen molar-refractivity contribution in [3.63, 3.8) is 0 Å². The highest BCUT2D eigenvalue weighted by Gasteiger charge is 2.32. The monoisotopic (exact) mass is 313 g/mol. The van der Waals surface area contributed by atoms with Gasteiger partial charge in [-0.15, -0.1) is 25.6 Å². The van der Waals surface area contributed by atoms with Gasteiger partial charge in [0.2, 0.25) is 0 Å². The van der Waals surface area contributed by atoms with Crippen LogP contribution in [0.15, 0.2) is 18.2 Å². The van der Waals surface area contributed by atoms with E-state index >= 15 is 0 Å². The highest BCUT2D eigenvalue weighted by atomic mass is 35.5. The molecule has 0 fully saturated rings. The summed E-state index contributed by atoms with van der Waals surface area (Å²) in [7, 11) is 1.38. The maximum absolute atomic E-state index is 12.1. The first kappa shape index (κ1) is 18.9. The zero-order valence-corrected chi connectivity index (χ0v) is 12.6. The number of hydrogen-bond acceptors (Lipinski definition) is 3. The van der Waals surface area contributed by atoms with Crippen LogP contribution in [0.3, 0.4) is 0 Å². The summed E-state index contributed by atoms with van der Waals surface area (Å²) in [6.07, 6.45) is -4.72. The lowest BCUT2D eigenvalue weighted by Gasteiger charge is -2.28. The fourth-order valence-corrected chi connectivity index (χ4v) is 1.61. The molecule has 1 atom stereocenters. The second-order valence-corrected chi connectivity index (χ2v) is 5.30. The summed E-state index contributed by atoms with van der Waals surface area (Å²) in [6.45, 7) is 5.83. The van der Waals surface area contributed by atoms with Crippen molar-refractivity contribution in [2.24, 2.45) is 11.1 Å². The number of ether oxygens (including phenoxy) is 2. The Balaban J connectivity index is 0.00000361. The smallest absolute Gasteiger partial charge is 0.496 e. The second-order valence-electron chi connectivity index (χ2n) is 5.30. The molecule has 0 heterocycles. The Labute approximate surface area is 122 Å². The molecule has 1 aromatic rings. The Morgan fingerprint density at radius 3 is 2.10 bits per heavy atom. The Bertz CT molecular complexity index is 444. The quantitative estimate of drug-likeness (QED) is 0.915. The largest absolute Gasteiger partial charge is 0.573 e. The molecule has 7 heteroatoms. The summed E-state index contributed by atoms with van der Waals surface area (Å²) < 4.78 is 45.3. The van der Waals surface area contributed by atoms with Gasteiger partial charge in [-0.3, -0.25) is 0 Å². The van der Waals surface area contributed by atoms with Gasteiger partial charge in [0.05, 0.1) is 7.11 Å². The van der Waals surface area contributed by atoms with Gasteiger partial charge in [-0.2, -0.15) is 0 Å². The number of nitrogens with two attached hydrogens (primary N) is 1. The van der Waals surface area contributed by atoms with Crippen molar-refractivity contribution in [2.75, 3.05) is 7.11 Å². The molecular weight excluding hydrogens is 295 g/mol. The molecule has 0 aromatic heterocycles. The average Bonchev–Trinajstić information content (AvgIpc) is 2.24. The molecule has 116 valence electrons. The van der Waals surface area contributed by atoms with Crippen LogP contribution < -0.4 is 15.2 Å². The van der Waals surface area contributed by atoms with Crippen molar-refractivity contribution < 1.29 is 22.6 Å². The van der Waals surface area contributed by atoms with Crippen LogP contribution in [0.25, 0.3) is 0 Å². The molecule has 0 unspecified atom stereocenters. The van der Waals surface area contributed by atoms with Crippen molar-refractivity contribution in [3.8, 4) is 11.5 Å². The number of hydrogen-bond donors (Lipinski definition) is 1. The molecule has 0 saturated carbocycles. The predicted molar refractivity (Wildman–Crippen MR) is 73.3 cm³/mol. The van der Waals surface area contributed by atoms with E-state index in [1.165, 1.54) is 25.3 Å². The first-order valence-electron chi connectivity index (χ1n) is 5.74. The van der Waals surface area contributed by atoms with E-state index in [4.69, 9.17) is 10.5 Å². The fraction of sp³-hybridized carbons (Fsp3) is 0.538. The minimum atomic E-state index is -4.72. The molecule has 0 spiro atoms. The molecule has 0 bridgehead atoms. The molecule has 2 N–H and O–H groups in total. The maximum Gasteiger partial charge on any atom is 0.573 e. The Morgan fingerprint density at radius 2 is 1.70 bits per heavy atom. The average molecular weight is 314 g/mol. The molecule has 0 aliphatic carbocycles. The second kappa shape index (κ2) is 6.54. The first-order chi connectivity index (χ1) is 8.54. The third kappa shape index (κ3) is 5.09. The van der Waals surface area contributed by atoms with Gasteiger partial charge in [0, 0.05) is 17.7 Å². The molecule has 1 rings (SSSR count). The highest BCUT2D eigenvalue weighted by Crippen LogP contribution is 2.38. The predicted octanol–water partition coefficient (Wildman–Crippen LogP) is 4.06. The molecule has 0 radical (unpaired) electrons. The standard InChI is InChI=1S/C13H18F3NO2.ClH/c1-12(2,3)11(17)9-6-5-8(7-10(9)18-4)19-13(14,15)16;/h5-7,11H,17H2,1-4H3;1H/t11-;/m0./s1. The van der Waals surface area contributed by atoms with E-state index in [0.717, 1.165) is 0 Å². The van der Waals surface area contributed by atoms with Gasteiger partial charge in [-0.1, -0.05) is 26.8 Å². The van der Waals surface area contributed by atoms with E-state index in [1.54, 1.807) is 0 Å². The molecule has 0 aliphatic rings. The van der Waals surface area contributed by atoms with Crippen molar-refractivity contribution in [1.82, 2.24) is 0 Å². The lowest BCUT2D eigenvalue weighted by atomic mass is 9.83. The van der Waals surface area contributed by atoms with E-state index in [2.05, 4.69) is 4.74 Å². The van der Waals surface area contributed by atoms with E-state index in [-0.39, 0.29) is 35.4 Å². The Kier molecular flexibility index (Phi) is 6.17. The fourth-order valence-electron chi connectivity index (χ4n) is 1.61. The molecule has 0 amide bonds. The van der Waals surface area contributed by atoms with E-state index in [0.29, 0.717) is 5.56 Å². The minimum Gasteiger partial charge on any atom is -0.496 e. The number of halogens is 4. The molecule has 1 aromatic carbocycles. The van der Waals surface area contributed by atoms with Gasteiger partial charge in [-0.05, 0) is 11.5 Å². The lowest BCUT2D eigenvalue weighted by molar-refractivity contribution is -0.274. The van der Waals surface area contributed by atoms with Crippen LogP contribution in [0, 0.1) is 5.41 Å². The lowest BCUT2D eigenvalue weighted by Crippen LogP contribution is -2.26. The van der Waals surface area contributed by atoms with Crippen molar-refractivity contribution >= 4 is 12.4 Å². The van der Waals surface area contributed by atoms with E-state index < -0.39 is 6.36 Å². The van der Waals surface area contributed by atoms with E-state index in [1.807, 2.05) is 20.8 Å². The summed E-state index contributed by atoms with van der Waals surface area (Å²) in [5.41, 5.74) is 6.49. The van der Waals surface area contributed by atoms with Crippen LogP contribution in [0.5, 0.6) is 11.5 Å². The zero-order valence-electron chi connectivity index (χ0n) is 11.7. The van der Waals surface area contributed by atoms with Gasteiger partial charge >= 0.3 is 6.36 Å². The van der Waals surface area contributed by atoms with Crippen molar-refractivity contribution in [1.29, 1.82) is 0 Å². The SMILES string of the molecule is COc1cc(OC(F)(F)F)ccc1[C@H](N)C(C)(C)C.Cl. The van der Waals surface area contributed by atoms with Gasteiger partial charge in [0.1, 0.15) is 11.5 Å². The minimum absolute atomic E-state index is 0. The van der Waals surface area contributed by atoms with Gasteiger partial charge in [-0.25, -0.2) is 0 Å². The zero-order chi connectivity index (χ0) is 14.8. The van der Waals surface area contributed by atoms with Crippen LogP contribution in [0.4, 0.5) is 13.2 Å². The summed E-state index contributed by atoms with van der Waals surface area (Å²) in [6, 6.07) is 3.56. The summed E-state index contributed by atoms with van der Waals surface area (Å²) in [5, 5.41) is 0. The third-order valence-corrected chi connectivity index (χ3v) is 2.71. The van der Waals surface area contributed by atoms with Gasteiger partial charge in [0.25, 0.3) is 0 Å². The molecule has 3 nitrogen and oxygen atoms in total. The topological polar surface area (TPSA) is 44.5 Å². The number of rotatable bonds is 3. The Morgan fingerprint density at radius 1 is 1.15 bits per heavy atom. The van der Waals surface area contributed by atoms with Gasteiger partial charge in [0.15, 0.2) is 0 Å². The van der Waals surface area contributed by atoms with Crippen molar-refractivity contribution in [3.05, 3.63) is 23.8 Å². The van der Waals surface area contributed by atoms with Crippen molar-refractivity contribution in [2.45, 2.75) is 33.2 Å². The number of methoxy groups -OCH3 is 1. The number of alkyl halides is 3. The van der Waals surface area contributed by atoms with Crippen LogP contribution in [0.1, 0.15) is 32.4 Å². The summed E-state index contributed by atoms with van der Waals surface area (Å²) in [5.74, 6) is -0.0432. The summed E-state index contributed by atoms with van der Waals surface area (Å²) >= 11 is 0. The molecule has 20 heavy (non-hydrogen) atoms. The first-order valence-corrected chi connectivity index (χ1v) is 5.74. The van der Waals surface area contributed by atoms with Crippen LogP contribution >= 0.6 is 12.4 Å². The summed E-state index contributed by atoms with van der Waals surface area (Å²) in [4.78, 5) is 0. The normalized spacial score (nSPS) is 13.4. The molecule has 0 aliphatic heterocycles. The highest BCUT2D eigenvalue weighted by molar-refractivity contribution is 5.85. The molecule has 0 saturated heterocycles. The third-order valence-electron chi connectivity index (χ3n) is 2.71. The molecular formula is C13H19ClF3NO2. The maximum atomic E-state index is 12.1. The van der Waals surface area contributed by atoms with Gasteiger partial charge < -0.3 is 15.2 Å². The Hall–Kier alpha value is -1.14. The van der Waals surface area contributed by atoms with Crippen LogP contribution in [-0.2, 0) is 0 Å². The van der Waals surface area contributed by atoms with Crippen LogP contribution in [-0.4, -0.2) is 13.5 Å². The number of benzene rings is 1. The van der Waals surface area contributed by atoms with Crippen LogP contribution in [0.2, 0.25) is 0 Å². The van der Waals surface area contributed by atoms with E-state index in [9.17, 15) is 13.2 Å².